The van der Waals surface area contributed by atoms with Gasteiger partial charge in [0.25, 0.3) is 0 Å². The maximum Gasteiger partial charge on any atom is 0.0999 e. The highest BCUT2D eigenvalue weighted by Crippen LogP contribution is 2.29. The molecule has 2 aromatic heterocycles. The molecule has 0 unspecified atom stereocenters. The van der Waals surface area contributed by atoms with Crippen molar-refractivity contribution < 1.29 is 4.42 Å². The maximum atomic E-state index is 5.95. The number of halogens is 1. The molecule has 80 valence electrons. The zero-order valence-corrected chi connectivity index (χ0v) is 9.51. The molecule has 3 nitrogen and oxygen atoms in total. The minimum Gasteiger partial charge on any atom is -0.472 e. The fourth-order valence-corrected chi connectivity index (χ4v) is 1.90. The summed E-state index contributed by atoms with van der Waals surface area (Å²) in [6, 6.07) is 1.89. The summed E-state index contributed by atoms with van der Waals surface area (Å²) >= 11 is 5.95. The van der Waals surface area contributed by atoms with E-state index in [0.29, 0.717) is 11.8 Å². The van der Waals surface area contributed by atoms with Crippen LogP contribution in [0.4, 0.5) is 0 Å². The quantitative estimate of drug-likeness (QED) is 0.811. The summed E-state index contributed by atoms with van der Waals surface area (Å²) in [4.78, 5) is 0. The number of hydrogen-bond donors (Lipinski definition) is 1. The van der Waals surface area contributed by atoms with Crippen LogP contribution in [0, 0.1) is 0 Å². The van der Waals surface area contributed by atoms with Gasteiger partial charge in [-0.3, -0.25) is 5.10 Å². The summed E-state index contributed by atoms with van der Waals surface area (Å²) in [5.41, 5.74) is 4.02. The first-order valence-corrected chi connectivity index (χ1v) is 5.43. The number of nitrogens with one attached hydrogen (secondary N) is 1. The average molecular weight is 225 g/mol. The molecular weight excluding hydrogens is 212 g/mol. The molecule has 15 heavy (non-hydrogen) atoms. The van der Waals surface area contributed by atoms with Gasteiger partial charge in [0.15, 0.2) is 0 Å². The molecule has 0 atom stereocenters. The fourth-order valence-electron chi connectivity index (χ4n) is 1.63. The second-order valence-electron chi connectivity index (χ2n) is 3.76. The molecule has 2 aromatic rings. The number of alkyl halides is 1. The minimum atomic E-state index is 0.395. The van der Waals surface area contributed by atoms with E-state index in [1.54, 1.807) is 12.5 Å². The Kier molecular flexibility index (Phi) is 2.82. The van der Waals surface area contributed by atoms with Crippen LogP contribution in [-0.2, 0) is 5.88 Å². The van der Waals surface area contributed by atoms with Crippen LogP contribution in [0.2, 0.25) is 0 Å². The first-order chi connectivity index (χ1) is 7.24. The molecule has 2 heterocycles. The van der Waals surface area contributed by atoms with Gasteiger partial charge >= 0.3 is 0 Å². The summed E-state index contributed by atoms with van der Waals surface area (Å²) in [7, 11) is 0. The molecule has 0 aliphatic rings. The van der Waals surface area contributed by atoms with Crippen molar-refractivity contribution in [3.05, 3.63) is 29.9 Å². The van der Waals surface area contributed by atoms with E-state index in [1.807, 2.05) is 6.07 Å². The van der Waals surface area contributed by atoms with E-state index < -0.39 is 0 Å². The first kappa shape index (κ1) is 10.3. The highest BCUT2D eigenvalue weighted by Gasteiger charge is 2.16. The van der Waals surface area contributed by atoms with Gasteiger partial charge < -0.3 is 4.42 Å². The smallest absolute Gasteiger partial charge is 0.0999 e. The molecule has 0 fully saturated rings. The van der Waals surface area contributed by atoms with Crippen LogP contribution >= 0.6 is 11.6 Å². The van der Waals surface area contributed by atoms with E-state index in [2.05, 4.69) is 24.0 Å². The third kappa shape index (κ3) is 1.79. The predicted molar refractivity (Wildman–Crippen MR) is 59.9 cm³/mol. The lowest BCUT2D eigenvalue weighted by Crippen LogP contribution is -1.92. The Bertz CT molecular complexity index is 431. The van der Waals surface area contributed by atoms with Crippen molar-refractivity contribution in [3.8, 4) is 11.3 Å². The normalized spacial score (nSPS) is 11.2. The summed E-state index contributed by atoms with van der Waals surface area (Å²) in [6.45, 7) is 4.23. The number of rotatable bonds is 3. The van der Waals surface area contributed by atoms with Crippen molar-refractivity contribution in [3.63, 3.8) is 0 Å². The summed E-state index contributed by atoms with van der Waals surface area (Å²) in [6.07, 6.45) is 3.31. The fraction of sp³-hybridized carbons (Fsp3) is 0.364. The van der Waals surface area contributed by atoms with Crippen molar-refractivity contribution in [1.82, 2.24) is 10.2 Å². The topological polar surface area (TPSA) is 41.8 Å². The number of H-pyrrole nitrogens is 1. The molecule has 0 spiro atoms. The van der Waals surface area contributed by atoms with Crippen molar-refractivity contribution >= 4 is 11.6 Å². The van der Waals surface area contributed by atoms with Crippen LogP contribution in [0.1, 0.15) is 31.0 Å². The van der Waals surface area contributed by atoms with Crippen molar-refractivity contribution in [2.24, 2.45) is 0 Å². The van der Waals surface area contributed by atoms with Gasteiger partial charge in [0, 0.05) is 16.8 Å². The van der Waals surface area contributed by atoms with Crippen LogP contribution in [0.3, 0.4) is 0 Å². The van der Waals surface area contributed by atoms with Crippen molar-refractivity contribution in [1.29, 1.82) is 0 Å². The van der Waals surface area contributed by atoms with Gasteiger partial charge in [0.2, 0.25) is 0 Å². The van der Waals surface area contributed by atoms with Crippen LogP contribution in [-0.4, -0.2) is 10.2 Å². The Morgan fingerprint density at radius 1 is 1.53 bits per heavy atom. The van der Waals surface area contributed by atoms with E-state index in [9.17, 15) is 0 Å². The zero-order chi connectivity index (χ0) is 10.8. The van der Waals surface area contributed by atoms with Crippen LogP contribution in [0.15, 0.2) is 23.0 Å². The SMILES string of the molecule is CC(C)c1[nH]nc(-c2ccoc2)c1CCl. The average Bonchev–Trinajstić information content (AvgIpc) is 2.85. The molecule has 0 aromatic carbocycles. The molecule has 0 saturated heterocycles. The van der Waals surface area contributed by atoms with E-state index in [0.717, 1.165) is 22.5 Å². The lowest BCUT2D eigenvalue weighted by Gasteiger charge is -2.03. The summed E-state index contributed by atoms with van der Waals surface area (Å²) in [5, 5.41) is 7.32. The Morgan fingerprint density at radius 3 is 2.87 bits per heavy atom. The molecule has 4 heteroatoms. The Hall–Kier alpha value is -1.22. The number of furan rings is 1. The van der Waals surface area contributed by atoms with Gasteiger partial charge in [-0.05, 0) is 12.0 Å². The van der Waals surface area contributed by atoms with Crippen LogP contribution in [0.5, 0.6) is 0 Å². The van der Waals surface area contributed by atoms with E-state index in [1.165, 1.54) is 0 Å². The number of nitrogens with zero attached hydrogens (tertiary/aromatic N) is 1. The van der Waals surface area contributed by atoms with E-state index >= 15 is 0 Å². The molecule has 0 amide bonds. The lowest BCUT2D eigenvalue weighted by atomic mass is 10.0. The first-order valence-electron chi connectivity index (χ1n) is 4.89. The second-order valence-corrected chi connectivity index (χ2v) is 4.03. The molecule has 0 radical (unpaired) electrons. The molecule has 2 rings (SSSR count). The Labute approximate surface area is 93.4 Å². The van der Waals surface area contributed by atoms with E-state index in [-0.39, 0.29) is 0 Å². The Morgan fingerprint density at radius 2 is 2.33 bits per heavy atom. The minimum absolute atomic E-state index is 0.395. The van der Waals surface area contributed by atoms with Crippen LogP contribution < -0.4 is 0 Å². The molecule has 0 saturated carbocycles. The molecule has 0 bridgehead atoms. The molecular formula is C11H13ClN2O. The third-order valence-corrected chi connectivity index (χ3v) is 2.67. The largest absolute Gasteiger partial charge is 0.472 e. The predicted octanol–water partition coefficient (Wildman–Crippen LogP) is 3.53. The van der Waals surface area contributed by atoms with E-state index in [4.69, 9.17) is 16.0 Å². The van der Waals surface area contributed by atoms with Gasteiger partial charge in [-0.1, -0.05) is 13.8 Å². The number of hydrogen-bond acceptors (Lipinski definition) is 2. The highest BCUT2D eigenvalue weighted by molar-refractivity contribution is 6.17. The van der Waals surface area contributed by atoms with Crippen molar-refractivity contribution in [2.45, 2.75) is 25.6 Å². The lowest BCUT2D eigenvalue weighted by molar-refractivity contribution is 0.568. The van der Waals surface area contributed by atoms with Gasteiger partial charge in [-0.25, -0.2) is 0 Å². The van der Waals surface area contributed by atoms with Gasteiger partial charge in [-0.15, -0.1) is 11.6 Å². The highest BCUT2D eigenvalue weighted by atomic mass is 35.5. The third-order valence-electron chi connectivity index (χ3n) is 2.40. The van der Waals surface area contributed by atoms with Crippen molar-refractivity contribution in [2.75, 3.05) is 0 Å². The number of aromatic amines is 1. The standard InChI is InChI=1S/C11H13ClN2O/c1-7(2)10-9(5-12)11(14-13-10)8-3-4-15-6-8/h3-4,6-7H,5H2,1-2H3,(H,13,14). The van der Waals surface area contributed by atoms with Gasteiger partial charge in [-0.2, -0.15) is 5.10 Å². The monoisotopic (exact) mass is 224 g/mol. The maximum absolute atomic E-state index is 5.95. The Balaban J connectivity index is 2.49. The molecule has 1 N–H and O–H groups in total. The zero-order valence-electron chi connectivity index (χ0n) is 8.75. The molecule has 0 aliphatic heterocycles. The van der Waals surface area contributed by atoms with Gasteiger partial charge in [0.1, 0.15) is 0 Å². The molecule has 0 aliphatic carbocycles. The number of aromatic nitrogens is 2. The summed E-state index contributed by atoms with van der Waals surface area (Å²) in [5.74, 6) is 0.858. The second kappa shape index (κ2) is 4.11. The summed E-state index contributed by atoms with van der Waals surface area (Å²) < 4.78 is 5.04. The van der Waals surface area contributed by atoms with Crippen LogP contribution in [0.25, 0.3) is 11.3 Å². The van der Waals surface area contributed by atoms with Gasteiger partial charge in [0.05, 0.1) is 24.1 Å².